The van der Waals surface area contributed by atoms with Gasteiger partial charge in [0.25, 0.3) is 5.91 Å². The summed E-state index contributed by atoms with van der Waals surface area (Å²) in [6.45, 7) is 4.93. The molecule has 4 rings (SSSR count). The van der Waals surface area contributed by atoms with E-state index in [1.54, 1.807) is 18.3 Å². The average Bonchev–Trinajstić information content (AvgIpc) is 3.55. The van der Waals surface area contributed by atoms with Gasteiger partial charge >= 0.3 is 5.97 Å². The lowest BCUT2D eigenvalue weighted by Crippen LogP contribution is -2.45. The summed E-state index contributed by atoms with van der Waals surface area (Å²) in [7, 11) is 1.28. The van der Waals surface area contributed by atoms with E-state index in [4.69, 9.17) is 10.5 Å². The molecule has 2 atom stereocenters. The molecule has 0 bridgehead atoms. The molecule has 0 saturated heterocycles. The zero-order chi connectivity index (χ0) is 27.2. The van der Waals surface area contributed by atoms with Crippen molar-refractivity contribution in [3.8, 4) is 5.75 Å². The summed E-state index contributed by atoms with van der Waals surface area (Å²) in [6.07, 6.45) is 6.72. The van der Waals surface area contributed by atoms with Gasteiger partial charge in [-0.05, 0) is 42.0 Å². The van der Waals surface area contributed by atoms with Crippen LogP contribution in [0.25, 0.3) is 0 Å². The number of fused-ring (bicyclic) bond motifs is 1. The van der Waals surface area contributed by atoms with Gasteiger partial charge in [0, 0.05) is 29.9 Å². The summed E-state index contributed by atoms with van der Waals surface area (Å²) in [5.74, 6) is -0.323. The van der Waals surface area contributed by atoms with Crippen LogP contribution in [-0.2, 0) is 27.5 Å². The summed E-state index contributed by atoms with van der Waals surface area (Å²) in [5.41, 5.74) is 8.95. The number of carbonyl (C=O) groups is 3. The lowest BCUT2D eigenvalue weighted by atomic mass is 9.96. The molecule has 9 heteroatoms. The van der Waals surface area contributed by atoms with E-state index in [9.17, 15) is 14.4 Å². The van der Waals surface area contributed by atoms with Crippen LogP contribution in [0.15, 0.2) is 61.2 Å². The minimum atomic E-state index is -0.913. The van der Waals surface area contributed by atoms with Crippen molar-refractivity contribution in [2.24, 2.45) is 11.7 Å². The molecule has 1 aromatic heterocycles. The van der Waals surface area contributed by atoms with Crippen molar-refractivity contribution in [3.63, 3.8) is 0 Å². The first-order chi connectivity index (χ1) is 18.3. The molecule has 0 spiro atoms. The molecule has 0 aliphatic carbocycles. The fourth-order valence-corrected chi connectivity index (χ4v) is 4.85. The minimum Gasteiger partial charge on any atom is -0.489 e. The molecule has 2 N–H and O–H groups in total. The highest BCUT2D eigenvalue weighted by Gasteiger charge is 2.37. The Balaban J connectivity index is 1.46. The molecule has 200 valence electrons. The maximum Gasteiger partial charge on any atom is 0.305 e. The largest absolute Gasteiger partial charge is 0.489 e. The molecule has 2 amide bonds. The lowest BCUT2D eigenvalue weighted by molar-refractivity contribution is -0.141. The van der Waals surface area contributed by atoms with Crippen LogP contribution in [0.3, 0.4) is 0 Å². The third kappa shape index (κ3) is 6.04. The maximum atomic E-state index is 13.1. The predicted octanol–water partition coefficient (Wildman–Crippen LogP) is 3.86. The molecule has 1 aliphatic rings. The van der Waals surface area contributed by atoms with Crippen molar-refractivity contribution in [3.05, 3.63) is 83.4 Å². The average molecular weight is 519 g/mol. The smallest absolute Gasteiger partial charge is 0.305 e. The molecule has 0 fully saturated rings. The summed E-state index contributed by atoms with van der Waals surface area (Å²) < 4.78 is 12.9. The molecular formula is C29H34N4O5. The number of imidazole rings is 1. The Bertz CT molecular complexity index is 1270. The normalized spacial score (nSPS) is 14.3. The SMILES string of the molecule is COC(=O)CCC(C(N)=O)N1Cc2c(OCc3ccc(C(CC(C)C)n4ccnc4)cc3)cccc2C1=O. The molecule has 2 aromatic carbocycles. The summed E-state index contributed by atoms with van der Waals surface area (Å²) in [4.78, 5) is 42.4. The fourth-order valence-electron chi connectivity index (χ4n) is 4.85. The van der Waals surface area contributed by atoms with Crippen LogP contribution in [0, 0.1) is 5.92 Å². The Labute approximate surface area is 222 Å². The topological polar surface area (TPSA) is 117 Å². The van der Waals surface area contributed by atoms with E-state index in [-0.39, 0.29) is 31.3 Å². The van der Waals surface area contributed by atoms with Crippen molar-refractivity contribution in [2.45, 2.75) is 58.3 Å². The number of nitrogens with two attached hydrogens (primary N) is 1. The number of esters is 1. The van der Waals surface area contributed by atoms with Gasteiger partial charge in [-0.1, -0.05) is 44.2 Å². The van der Waals surface area contributed by atoms with Crippen molar-refractivity contribution >= 4 is 17.8 Å². The number of ether oxygens (including phenoxy) is 2. The van der Waals surface area contributed by atoms with Crippen LogP contribution in [-0.4, -0.2) is 45.4 Å². The van der Waals surface area contributed by atoms with E-state index in [0.717, 1.165) is 12.0 Å². The second kappa shape index (κ2) is 11.9. The monoisotopic (exact) mass is 518 g/mol. The van der Waals surface area contributed by atoms with E-state index in [1.807, 2.05) is 18.6 Å². The van der Waals surface area contributed by atoms with Gasteiger partial charge in [-0.25, -0.2) is 4.98 Å². The van der Waals surface area contributed by atoms with Gasteiger partial charge in [0.05, 0.1) is 26.0 Å². The third-order valence-corrected chi connectivity index (χ3v) is 6.85. The number of methoxy groups -OCH3 is 1. The fraction of sp³-hybridized carbons (Fsp3) is 0.379. The molecule has 2 unspecified atom stereocenters. The molecule has 2 heterocycles. The van der Waals surface area contributed by atoms with E-state index in [1.165, 1.54) is 17.6 Å². The van der Waals surface area contributed by atoms with Gasteiger partial charge in [0.2, 0.25) is 5.91 Å². The Morgan fingerprint density at radius 1 is 1.13 bits per heavy atom. The molecular weight excluding hydrogens is 484 g/mol. The van der Waals surface area contributed by atoms with E-state index in [2.05, 4.69) is 52.4 Å². The molecule has 1 aliphatic heterocycles. The standard InChI is InChI=1S/C29H34N4O5/c1-19(2)15-25(32-14-13-31-18-32)21-9-7-20(8-10-21)17-38-26-6-4-5-22-23(26)16-33(29(22)36)24(28(30)35)11-12-27(34)37-3/h4-10,13-14,18-19,24-25H,11-12,15-17H2,1-3H3,(H2,30,35). The Hall–Kier alpha value is -4.14. The van der Waals surface area contributed by atoms with Crippen molar-refractivity contribution in [2.75, 3.05) is 7.11 Å². The molecule has 38 heavy (non-hydrogen) atoms. The number of benzene rings is 2. The number of primary amides is 1. The van der Waals surface area contributed by atoms with Gasteiger partial charge in [-0.2, -0.15) is 0 Å². The highest BCUT2D eigenvalue weighted by Crippen LogP contribution is 2.33. The van der Waals surface area contributed by atoms with Crippen molar-refractivity contribution in [1.82, 2.24) is 14.5 Å². The number of carbonyl (C=O) groups excluding carboxylic acids is 3. The van der Waals surface area contributed by atoms with Gasteiger partial charge in [0.1, 0.15) is 18.4 Å². The number of rotatable bonds is 12. The first kappa shape index (κ1) is 26.9. The first-order valence-electron chi connectivity index (χ1n) is 12.8. The predicted molar refractivity (Wildman–Crippen MR) is 141 cm³/mol. The second-order valence-corrected chi connectivity index (χ2v) is 9.93. The molecule has 0 radical (unpaired) electrons. The van der Waals surface area contributed by atoms with E-state index >= 15 is 0 Å². The summed E-state index contributed by atoms with van der Waals surface area (Å²) in [5, 5.41) is 0. The van der Waals surface area contributed by atoms with Gasteiger partial charge < -0.3 is 24.7 Å². The van der Waals surface area contributed by atoms with Crippen LogP contribution in [0.4, 0.5) is 0 Å². The Kier molecular flexibility index (Phi) is 8.45. The molecule has 0 saturated carbocycles. The van der Waals surface area contributed by atoms with Crippen LogP contribution < -0.4 is 10.5 Å². The number of nitrogens with zero attached hydrogens (tertiary/aromatic N) is 3. The zero-order valence-corrected chi connectivity index (χ0v) is 22.0. The van der Waals surface area contributed by atoms with Crippen molar-refractivity contribution in [1.29, 1.82) is 0 Å². The van der Waals surface area contributed by atoms with E-state index < -0.39 is 17.9 Å². The summed E-state index contributed by atoms with van der Waals surface area (Å²) >= 11 is 0. The number of hydrogen-bond donors (Lipinski definition) is 1. The second-order valence-electron chi connectivity index (χ2n) is 9.93. The zero-order valence-electron chi connectivity index (χ0n) is 22.0. The van der Waals surface area contributed by atoms with Crippen LogP contribution in [0.1, 0.15) is 66.2 Å². The van der Waals surface area contributed by atoms with Gasteiger partial charge in [-0.15, -0.1) is 0 Å². The van der Waals surface area contributed by atoms with E-state index in [0.29, 0.717) is 29.4 Å². The quantitative estimate of drug-likeness (QED) is 0.364. The van der Waals surface area contributed by atoms with Crippen molar-refractivity contribution < 1.29 is 23.9 Å². The van der Waals surface area contributed by atoms with Crippen LogP contribution >= 0.6 is 0 Å². The van der Waals surface area contributed by atoms with Crippen LogP contribution in [0.2, 0.25) is 0 Å². The highest BCUT2D eigenvalue weighted by atomic mass is 16.5. The third-order valence-electron chi connectivity index (χ3n) is 6.85. The molecule has 3 aromatic rings. The summed E-state index contributed by atoms with van der Waals surface area (Å²) in [6, 6.07) is 12.9. The Morgan fingerprint density at radius 3 is 2.53 bits per heavy atom. The molecule has 9 nitrogen and oxygen atoms in total. The first-order valence-corrected chi connectivity index (χ1v) is 12.8. The highest BCUT2D eigenvalue weighted by molar-refractivity contribution is 6.01. The number of hydrogen-bond acceptors (Lipinski definition) is 6. The van der Waals surface area contributed by atoms with Gasteiger partial charge in [-0.3, -0.25) is 14.4 Å². The number of amides is 2. The van der Waals surface area contributed by atoms with Crippen LogP contribution in [0.5, 0.6) is 5.75 Å². The maximum absolute atomic E-state index is 13.1. The minimum absolute atomic E-state index is 0.0115. The number of aromatic nitrogens is 2. The van der Waals surface area contributed by atoms with Gasteiger partial charge in [0.15, 0.2) is 0 Å². The lowest BCUT2D eigenvalue weighted by Gasteiger charge is -2.24. The Morgan fingerprint density at radius 2 is 1.89 bits per heavy atom.